The van der Waals surface area contributed by atoms with E-state index in [0.717, 1.165) is 32.1 Å². The lowest BCUT2D eigenvalue weighted by Crippen LogP contribution is -2.43. The second-order valence-corrected chi connectivity index (χ2v) is 9.56. The van der Waals surface area contributed by atoms with Crippen molar-refractivity contribution in [3.05, 3.63) is 18.0 Å². The molecule has 1 atom stereocenters. The topological polar surface area (TPSA) is 88.6 Å². The van der Waals surface area contributed by atoms with Gasteiger partial charge in [0.15, 0.2) is 0 Å². The normalized spacial score (nSPS) is 20.9. The molecule has 2 aliphatic rings. The number of carbonyl (C=O) groups excluding carboxylic acids is 1. The van der Waals surface area contributed by atoms with Gasteiger partial charge < -0.3 is 15.2 Å². The van der Waals surface area contributed by atoms with Crippen molar-refractivity contribution in [2.45, 2.75) is 50.0 Å². The maximum atomic E-state index is 12.9. The van der Waals surface area contributed by atoms with Crippen molar-refractivity contribution in [1.29, 1.82) is 0 Å². The summed E-state index contributed by atoms with van der Waals surface area (Å²) in [6.45, 7) is 4.47. The number of hydrogen-bond donors (Lipinski definition) is 1. The van der Waals surface area contributed by atoms with Gasteiger partial charge >= 0.3 is 0 Å². The molecule has 1 aromatic rings. The minimum Gasteiger partial charge on any atom is -0.345 e. The Morgan fingerprint density at radius 1 is 1.15 bits per heavy atom. The number of piperidine rings is 2. The molecule has 1 aromatic heterocycles. The third-order valence-electron chi connectivity index (χ3n) is 5.72. The molecule has 2 fully saturated rings. The van der Waals surface area contributed by atoms with Crippen LogP contribution >= 0.6 is 12.4 Å². The number of halogens is 1. The molecule has 2 N–H and O–H groups in total. The van der Waals surface area contributed by atoms with E-state index in [1.165, 1.54) is 10.4 Å². The fourth-order valence-electron chi connectivity index (χ4n) is 3.93. The summed E-state index contributed by atoms with van der Waals surface area (Å²) in [6, 6.07) is 1.67. The van der Waals surface area contributed by atoms with Crippen LogP contribution in [0.1, 0.15) is 49.5 Å². The lowest BCUT2D eigenvalue weighted by Gasteiger charge is -2.33. The van der Waals surface area contributed by atoms with Crippen LogP contribution in [-0.4, -0.2) is 60.3 Å². The van der Waals surface area contributed by atoms with E-state index in [1.54, 1.807) is 17.8 Å². The highest BCUT2D eigenvalue weighted by molar-refractivity contribution is 7.89. The van der Waals surface area contributed by atoms with Crippen LogP contribution in [0, 0.1) is 5.92 Å². The molecule has 1 unspecified atom stereocenters. The van der Waals surface area contributed by atoms with E-state index in [-0.39, 0.29) is 29.3 Å². The fraction of sp³-hybridized carbons (Fsp3) is 0.722. The third kappa shape index (κ3) is 4.67. The highest BCUT2D eigenvalue weighted by Crippen LogP contribution is 2.25. The molecule has 27 heavy (non-hydrogen) atoms. The van der Waals surface area contributed by atoms with Crippen molar-refractivity contribution < 1.29 is 13.2 Å². The third-order valence-corrected chi connectivity index (χ3v) is 7.59. The molecular formula is C18H31ClN4O3S. The molecule has 0 aromatic carbocycles. The van der Waals surface area contributed by atoms with Crippen LogP contribution in [0.5, 0.6) is 0 Å². The van der Waals surface area contributed by atoms with Gasteiger partial charge in [-0.1, -0.05) is 6.42 Å². The molecule has 0 bridgehead atoms. The minimum atomic E-state index is -3.52. The van der Waals surface area contributed by atoms with Crippen LogP contribution in [0.25, 0.3) is 0 Å². The van der Waals surface area contributed by atoms with Gasteiger partial charge in [0.1, 0.15) is 10.6 Å². The summed E-state index contributed by atoms with van der Waals surface area (Å²) in [6.07, 6.45) is 6.21. The monoisotopic (exact) mass is 418 g/mol. The molecule has 0 spiro atoms. The molecule has 0 radical (unpaired) electrons. The van der Waals surface area contributed by atoms with Crippen molar-refractivity contribution in [2.75, 3.05) is 26.2 Å². The second-order valence-electron chi connectivity index (χ2n) is 7.63. The quantitative estimate of drug-likeness (QED) is 0.807. The van der Waals surface area contributed by atoms with Crippen molar-refractivity contribution in [2.24, 2.45) is 18.7 Å². The van der Waals surface area contributed by atoms with Gasteiger partial charge in [0.25, 0.3) is 5.91 Å². The Kier molecular flexibility index (Phi) is 7.35. The van der Waals surface area contributed by atoms with Crippen molar-refractivity contribution in [1.82, 2.24) is 13.8 Å². The van der Waals surface area contributed by atoms with Gasteiger partial charge in [-0.2, -0.15) is 4.31 Å². The second kappa shape index (κ2) is 8.94. The number of aromatic nitrogens is 1. The van der Waals surface area contributed by atoms with E-state index in [1.807, 2.05) is 11.8 Å². The molecule has 3 rings (SSSR count). The van der Waals surface area contributed by atoms with Gasteiger partial charge in [0.2, 0.25) is 10.0 Å². The largest absolute Gasteiger partial charge is 0.345 e. The first-order valence-electron chi connectivity index (χ1n) is 9.52. The Labute approximate surface area is 168 Å². The van der Waals surface area contributed by atoms with Crippen molar-refractivity contribution in [3.8, 4) is 0 Å². The Hall–Kier alpha value is -1.09. The van der Waals surface area contributed by atoms with E-state index in [2.05, 4.69) is 0 Å². The molecule has 0 saturated carbocycles. The van der Waals surface area contributed by atoms with Gasteiger partial charge in [-0.25, -0.2) is 8.42 Å². The zero-order valence-electron chi connectivity index (χ0n) is 16.1. The predicted octanol–water partition coefficient (Wildman–Crippen LogP) is 1.82. The number of hydrogen-bond acceptors (Lipinski definition) is 4. The first-order chi connectivity index (χ1) is 12.3. The van der Waals surface area contributed by atoms with Crippen LogP contribution in [0.15, 0.2) is 17.2 Å². The average molecular weight is 419 g/mol. The summed E-state index contributed by atoms with van der Waals surface area (Å²) < 4.78 is 28.9. The minimum absolute atomic E-state index is 0. The van der Waals surface area contributed by atoms with Gasteiger partial charge in [0, 0.05) is 45.5 Å². The summed E-state index contributed by atoms with van der Waals surface area (Å²) in [7, 11) is -1.79. The van der Waals surface area contributed by atoms with E-state index >= 15 is 0 Å². The molecular weight excluding hydrogens is 388 g/mol. The molecule has 154 valence electrons. The zero-order chi connectivity index (χ0) is 18.9. The van der Waals surface area contributed by atoms with Crippen LogP contribution in [0.3, 0.4) is 0 Å². The number of nitrogens with two attached hydrogens (primary N) is 1. The van der Waals surface area contributed by atoms with Gasteiger partial charge in [0.05, 0.1) is 0 Å². The van der Waals surface area contributed by atoms with Gasteiger partial charge in [-0.3, -0.25) is 4.79 Å². The van der Waals surface area contributed by atoms with Crippen molar-refractivity contribution >= 4 is 28.3 Å². The highest BCUT2D eigenvalue weighted by Gasteiger charge is 2.31. The molecule has 3 heterocycles. The highest BCUT2D eigenvalue weighted by atomic mass is 35.5. The van der Waals surface area contributed by atoms with Crippen molar-refractivity contribution in [3.63, 3.8) is 0 Å². The maximum Gasteiger partial charge on any atom is 0.270 e. The molecule has 7 nitrogen and oxygen atoms in total. The Morgan fingerprint density at radius 2 is 1.74 bits per heavy atom. The van der Waals surface area contributed by atoms with Crippen LogP contribution in [-0.2, 0) is 17.1 Å². The van der Waals surface area contributed by atoms with E-state index < -0.39 is 10.0 Å². The van der Waals surface area contributed by atoms with Gasteiger partial charge in [-0.05, 0) is 44.6 Å². The molecule has 0 aliphatic carbocycles. The summed E-state index contributed by atoms with van der Waals surface area (Å²) >= 11 is 0. The number of amides is 1. The summed E-state index contributed by atoms with van der Waals surface area (Å²) in [5, 5.41) is 0. The van der Waals surface area contributed by atoms with E-state index in [9.17, 15) is 13.2 Å². The Bertz CT molecular complexity index is 749. The predicted molar refractivity (Wildman–Crippen MR) is 108 cm³/mol. The fourth-order valence-corrected chi connectivity index (χ4v) is 5.52. The van der Waals surface area contributed by atoms with E-state index in [0.29, 0.717) is 37.8 Å². The standard InChI is InChI=1S/C18H30N4O3S.ClH/c1-14(19)15-6-10-21(11-7-15)18(23)17-12-16(13-20(17)2)26(24,25)22-8-4-3-5-9-22;/h12-15H,3-11,19H2,1-2H3;1H. The molecule has 2 aliphatic heterocycles. The summed E-state index contributed by atoms with van der Waals surface area (Å²) in [5.74, 6) is 0.346. The average Bonchev–Trinajstić information content (AvgIpc) is 3.04. The summed E-state index contributed by atoms with van der Waals surface area (Å²) in [4.78, 5) is 14.9. The summed E-state index contributed by atoms with van der Waals surface area (Å²) in [5.41, 5.74) is 6.40. The first-order valence-corrected chi connectivity index (χ1v) is 11.0. The lowest BCUT2D eigenvalue weighted by molar-refractivity contribution is 0.0671. The molecule has 9 heteroatoms. The first kappa shape index (κ1) is 22.2. The maximum absolute atomic E-state index is 12.9. The number of sulfonamides is 1. The Morgan fingerprint density at radius 3 is 2.30 bits per heavy atom. The molecule has 2 saturated heterocycles. The Balaban J connectivity index is 0.00000261. The van der Waals surface area contributed by atoms with E-state index in [4.69, 9.17) is 5.73 Å². The number of nitrogens with zero attached hydrogens (tertiary/aromatic N) is 3. The zero-order valence-corrected chi connectivity index (χ0v) is 17.8. The number of aryl methyl sites for hydroxylation is 1. The lowest BCUT2D eigenvalue weighted by atomic mass is 9.91. The number of rotatable bonds is 4. The van der Waals surface area contributed by atoms with Crippen LogP contribution in [0.4, 0.5) is 0 Å². The van der Waals surface area contributed by atoms with Crippen LogP contribution in [0.2, 0.25) is 0 Å². The van der Waals surface area contributed by atoms with Crippen LogP contribution < -0.4 is 5.73 Å². The number of carbonyl (C=O) groups is 1. The number of likely N-dealkylation sites (tertiary alicyclic amines) is 1. The smallest absolute Gasteiger partial charge is 0.270 e. The SMILES string of the molecule is CC(N)C1CCN(C(=O)c2cc(S(=O)(=O)N3CCCCC3)cn2C)CC1.Cl. The molecule has 1 amide bonds. The van der Waals surface area contributed by atoms with Gasteiger partial charge in [-0.15, -0.1) is 12.4 Å².